The van der Waals surface area contributed by atoms with E-state index in [0.29, 0.717) is 9.90 Å². The van der Waals surface area contributed by atoms with Crippen molar-refractivity contribution >= 4 is 27.0 Å². The van der Waals surface area contributed by atoms with E-state index in [9.17, 15) is 8.42 Å². The van der Waals surface area contributed by atoms with Gasteiger partial charge in [-0.3, -0.25) is 9.71 Å². The molecule has 3 aromatic rings. The molecular weight excluding hydrogens is 304 g/mol. The highest BCUT2D eigenvalue weighted by atomic mass is 32.2. The first-order valence-corrected chi connectivity index (χ1v) is 8.58. The average Bonchev–Trinajstić information content (AvgIpc) is 3.04. The predicted octanol–water partition coefficient (Wildman–Crippen LogP) is 3.61. The van der Waals surface area contributed by atoms with Gasteiger partial charge in [-0.05, 0) is 46.8 Å². The van der Waals surface area contributed by atoms with Crippen LogP contribution in [0.15, 0.2) is 70.5 Å². The van der Waals surface area contributed by atoms with Crippen LogP contribution in [0, 0.1) is 0 Å². The third kappa shape index (κ3) is 3.12. The number of anilines is 1. The fourth-order valence-corrected chi connectivity index (χ4v) is 3.95. The lowest BCUT2D eigenvalue weighted by Crippen LogP contribution is -2.11. The Morgan fingerprint density at radius 3 is 2.19 bits per heavy atom. The van der Waals surface area contributed by atoms with Crippen molar-refractivity contribution < 1.29 is 8.42 Å². The molecule has 0 radical (unpaired) electrons. The SMILES string of the molecule is O=S(=O)(Nc1ccc(-c2ccncc2)cc1)c1cccs1. The highest BCUT2D eigenvalue weighted by molar-refractivity contribution is 7.94. The second-order valence-electron chi connectivity index (χ2n) is 4.35. The van der Waals surface area contributed by atoms with Crippen molar-refractivity contribution in [2.24, 2.45) is 0 Å². The fourth-order valence-electron chi connectivity index (χ4n) is 1.90. The number of thiophene rings is 1. The van der Waals surface area contributed by atoms with E-state index in [0.717, 1.165) is 11.1 Å². The first-order chi connectivity index (χ1) is 10.1. The van der Waals surface area contributed by atoms with Crippen molar-refractivity contribution in [2.45, 2.75) is 4.21 Å². The maximum absolute atomic E-state index is 12.1. The van der Waals surface area contributed by atoms with Crippen molar-refractivity contribution in [1.82, 2.24) is 4.98 Å². The summed E-state index contributed by atoms with van der Waals surface area (Å²) in [7, 11) is -3.49. The Kier molecular flexibility index (Phi) is 3.72. The van der Waals surface area contributed by atoms with E-state index in [1.807, 2.05) is 24.3 Å². The minimum atomic E-state index is -3.49. The van der Waals surface area contributed by atoms with Crippen molar-refractivity contribution in [2.75, 3.05) is 4.72 Å². The van der Waals surface area contributed by atoms with Crippen LogP contribution in [0.3, 0.4) is 0 Å². The van der Waals surface area contributed by atoms with E-state index in [4.69, 9.17) is 0 Å². The lowest BCUT2D eigenvalue weighted by Gasteiger charge is -2.07. The van der Waals surface area contributed by atoms with Crippen molar-refractivity contribution in [3.05, 3.63) is 66.3 Å². The zero-order valence-electron chi connectivity index (χ0n) is 10.9. The zero-order chi connectivity index (χ0) is 14.7. The van der Waals surface area contributed by atoms with Crippen LogP contribution in [0.2, 0.25) is 0 Å². The van der Waals surface area contributed by atoms with E-state index in [-0.39, 0.29) is 0 Å². The number of benzene rings is 1. The van der Waals surface area contributed by atoms with Crippen molar-refractivity contribution in [3.8, 4) is 11.1 Å². The Balaban J connectivity index is 1.83. The lowest BCUT2D eigenvalue weighted by molar-refractivity contribution is 0.603. The second-order valence-corrected chi connectivity index (χ2v) is 7.21. The predicted molar refractivity (Wildman–Crippen MR) is 84.8 cm³/mol. The normalized spacial score (nSPS) is 11.2. The summed E-state index contributed by atoms with van der Waals surface area (Å²) in [5.41, 5.74) is 2.59. The van der Waals surface area contributed by atoms with Gasteiger partial charge in [0.25, 0.3) is 10.0 Å². The van der Waals surface area contributed by atoms with Gasteiger partial charge in [-0.25, -0.2) is 8.42 Å². The highest BCUT2D eigenvalue weighted by Crippen LogP contribution is 2.23. The topological polar surface area (TPSA) is 59.1 Å². The van der Waals surface area contributed by atoms with E-state index >= 15 is 0 Å². The molecule has 0 fully saturated rings. The van der Waals surface area contributed by atoms with Gasteiger partial charge in [0.05, 0.1) is 0 Å². The largest absolute Gasteiger partial charge is 0.279 e. The molecule has 0 bridgehead atoms. The first-order valence-electron chi connectivity index (χ1n) is 6.22. The molecule has 1 N–H and O–H groups in total. The summed E-state index contributed by atoms with van der Waals surface area (Å²) >= 11 is 1.19. The number of sulfonamides is 1. The summed E-state index contributed by atoms with van der Waals surface area (Å²) in [4.78, 5) is 3.97. The molecule has 21 heavy (non-hydrogen) atoms. The molecule has 0 aliphatic rings. The van der Waals surface area contributed by atoms with Crippen LogP contribution in [0.5, 0.6) is 0 Å². The molecule has 0 saturated heterocycles. The molecule has 0 atom stereocenters. The number of hydrogen-bond donors (Lipinski definition) is 1. The van der Waals surface area contributed by atoms with Crippen LogP contribution in [0.25, 0.3) is 11.1 Å². The quantitative estimate of drug-likeness (QED) is 0.800. The molecule has 0 aliphatic heterocycles. The minimum absolute atomic E-state index is 0.306. The van der Waals surface area contributed by atoms with Gasteiger partial charge in [-0.15, -0.1) is 11.3 Å². The van der Waals surface area contributed by atoms with E-state index in [1.54, 1.807) is 42.0 Å². The molecule has 0 aliphatic carbocycles. The van der Waals surface area contributed by atoms with Gasteiger partial charge in [0.2, 0.25) is 0 Å². The number of pyridine rings is 1. The number of aromatic nitrogens is 1. The van der Waals surface area contributed by atoms with Crippen molar-refractivity contribution in [3.63, 3.8) is 0 Å². The molecule has 2 aromatic heterocycles. The molecule has 0 saturated carbocycles. The number of rotatable bonds is 4. The summed E-state index contributed by atoms with van der Waals surface area (Å²) in [6.45, 7) is 0. The van der Waals surface area contributed by atoms with E-state index in [1.165, 1.54) is 11.3 Å². The monoisotopic (exact) mass is 316 g/mol. The zero-order valence-corrected chi connectivity index (χ0v) is 12.6. The molecule has 0 amide bonds. The Morgan fingerprint density at radius 1 is 0.905 bits per heavy atom. The van der Waals surface area contributed by atoms with Gasteiger partial charge in [0.1, 0.15) is 4.21 Å². The third-order valence-corrected chi connectivity index (χ3v) is 5.69. The summed E-state index contributed by atoms with van der Waals surface area (Å²) in [6.07, 6.45) is 3.45. The average molecular weight is 316 g/mol. The molecule has 2 heterocycles. The molecule has 106 valence electrons. The number of nitrogens with zero attached hydrogens (tertiary/aromatic N) is 1. The fraction of sp³-hybridized carbons (Fsp3) is 0. The van der Waals surface area contributed by atoms with Gasteiger partial charge in [-0.1, -0.05) is 18.2 Å². The maximum atomic E-state index is 12.1. The van der Waals surface area contributed by atoms with Crippen LogP contribution >= 0.6 is 11.3 Å². The Hall–Kier alpha value is -2.18. The Morgan fingerprint density at radius 2 is 1.57 bits per heavy atom. The highest BCUT2D eigenvalue weighted by Gasteiger charge is 2.14. The van der Waals surface area contributed by atoms with Crippen LogP contribution < -0.4 is 4.72 Å². The van der Waals surface area contributed by atoms with Crippen molar-refractivity contribution in [1.29, 1.82) is 0 Å². The molecule has 6 heteroatoms. The summed E-state index contributed by atoms with van der Waals surface area (Å²) in [6, 6.07) is 14.4. The lowest BCUT2D eigenvalue weighted by atomic mass is 10.1. The van der Waals surface area contributed by atoms with E-state index < -0.39 is 10.0 Å². The van der Waals surface area contributed by atoms with Gasteiger partial charge >= 0.3 is 0 Å². The first kappa shape index (κ1) is 13.8. The van der Waals surface area contributed by atoms with Crippen LogP contribution in [0.4, 0.5) is 5.69 Å². The summed E-state index contributed by atoms with van der Waals surface area (Å²) in [5.74, 6) is 0. The van der Waals surface area contributed by atoms with Gasteiger partial charge in [-0.2, -0.15) is 0 Å². The number of hydrogen-bond acceptors (Lipinski definition) is 4. The van der Waals surface area contributed by atoms with E-state index in [2.05, 4.69) is 9.71 Å². The summed E-state index contributed by atoms with van der Waals surface area (Å²) < 4.78 is 27.1. The molecular formula is C15H12N2O2S2. The van der Waals surface area contributed by atoms with Gasteiger partial charge < -0.3 is 0 Å². The van der Waals surface area contributed by atoms with Gasteiger partial charge in [0, 0.05) is 18.1 Å². The third-order valence-electron chi connectivity index (χ3n) is 2.91. The number of nitrogens with one attached hydrogen (secondary N) is 1. The van der Waals surface area contributed by atoms with Crippen LogP contribution in [0.1, 0.15) is 0 Å². The second kappa shape index (κ2) is 5.67. The standard InChI is InChI=1S/C15H12N2O2S2/c18-21(19,15-2-1-11-20-15)17-14-5-3-12(4-6-14)13-7-9-16-10-8-13/h1-11,17H. The minimum Gasteiger partial charge on any atom is -0.279 e. The maximum Gasteiger partial charge on any atom is 0.271 e. The summed E-state index contributed by atoms with van der Waals surface area (Å²) in [5, 5.41) is 1.74. The van der Waals surface area contributed by atoms with Crippen LogP contribution in [-0.4, -0.2) is 13.4 Å². The smallest absolute Gasteiger partial charge is 0.271 e. The molecule has 1 aromatic carbocycles. The van der Waals surface area contributed by atoms with Crippen LogP contribution in [-0.2, 0) is 10.0 Å². The molecule has 4 nitrogen and oxygen atoms in total. The molecule has 3 rings (SSSR count). The molecule has 0 spiro atoms. The Labute approximate surface area is 127 Å². The molecule has 0 unspecified atom stereocenters. The Bertz CT molecular complexity index is 812. The van der Waals surface area contributed by atoms with Gasteiger partial charge in [0.15, 0.2) is 0 Å².